The van der Waals surface area contributed by atoms with Gasteiger partial charge in [0.15, 0.2) is 11.5 Å². The Morgan fingerprint density at radius 1 is 1.26 bits per heavy atom. The summed E-state index contributed by atoms with van der Waals surface area (Å²) in [5.74, 6) is 1.48. The number of para-hydroxylation sites is 1. The second-order valence-corrected chi connectivity index (χ2v) is 8.06. The Bertz CT molecular complexity index is 918. The number of hydrogen-bond donors (Lipinski definition) is 0. The lowest BCUT2D eigenvalue weighted by Crippen LogP contribution is -2.48. The Morgan fingerprint density at radius 3 is 2.97 bits per heavy atom. The molecule has 7 heteroatoms. The van der Waals surface area contributed by atoms with E-state index in [1.54, 1.807) is 13.3 Å². The summed E-state index contributed by atoms with van der Waals surface area (Å²) in [4.78, 5) is 33.9. The molecule has 0 saturated carbocycles. The molecular weight excluding hydrogens is 394 g/mol. The summed E-state index contributed by atoms with van der Waals surface area (Å²) in [5, 5.41) is 0. The number of benzene rings is 1. The van der Waals surface area contributed by atoms with Crippen LogP contribution in [0, 0.1) is 5.92 Å². The summed E-state index contributed by atoms with van der Waals surface area (Å²) in [7, 11) is 1.62. The number of pyridine rings is 1. The smallest absolute Gasteiger partial charge is 0.227 e. The SMILES string of the molecule is COc1cccc2c1OCCCN(C(=O)C1CCC(=O)N(CCc3ccccn3)C1)C2. The van der Waals surface area contributed by atoms with Crippen LogP contribution in [0.2, 0.25) is 0 Å². The van der Waals surface area contributed by atoms with E-state index in [1.807, 2.05) is 46.2 Å². The molecule has 4 rings (SSSR count). The number of piperidine rings is 1. The molecule has 1 unspecified atom stereocenters. The third-order valence-corrected chi connectivity index (χ3v) is 5.99. The standard InChI is InChI=1S/C24H29N3O4/c1-30-21-8-4-6-18-16-27(13-5-15-31-23(18)21)24(29)19-9-10-22(28)26(17-19)14-11-20-7-2-3-12-25-20/h2-4,6-8,12,19H,5,9-11,13-17H2,1H3. The first kappa shape index (κ1) is 21.2. The van der Waals surface area contributed by atoms with E-state index in [0.29, 0.717) is 57.8 Å². The van der Waals surface area contributed by atoms with E-state index in [1.165, 1.54) is 0 Å². The van der Waals surface area contributed by atoms with Gasteiger partial charge in [-0.05, 0) is 31.0 Å². The molecule has 1 aromatic carbocycles. The maximum Gasteiger partial charge on any atom is 0.227 e. The number of amides is 2. The van der Waals surface area contributed by atoms with Crippen molar-refractivity contribution in [1.82, 2.24) is 14.8 Å². The van der Waals surface area contributed by atoms with Gasteiger partial charge in [-0.15, -0.1) is 0 Å². The van der Waals surface area contributed by atoms with Gasteiger partial charge < -0.3 is 19.3 Å². The van der Waals surface area contributed by atoms with E-state index in [9.17, 15) is 9.59 Å². The molecule has 164 valence electrons. The van der Waals surface area contributed by atoms with Gasteiger partial charge in [0, 0.05) is 56.5 Å². The summed E-state index contributed by atoms with van der Waals surface area (Å²) in [6, 6.07) is 11.6. The molecule has 2 aromatic rings. The van der Waals surface area contributed by atoms with Crippen molar-refractivity contribution in [3.05, 3.63) is 53.9 Å². The molecule has 7 nitrogen and oxygen atoms in total. The van der Waals surface area contributed by atoms with Crippen LogP contribution >= 0.6 is 0 Å². The predicted molar refractivity (Wildman–Crippen MR) is 116 cm³/mol. The van der Waals surface area contributed by atoms with Gasteiger partial charge in [-0.25, -0.2) is 0 Å². The lowest BCUT2D eigenvalue weighted by atomic mass is 9.95. The summed E-state index contributed by atoms with van der Waals surface area (Å²) >= 11 is 0. The number of fused-ring (bicyclic) bond motifs is 1. The predicted octanol–water partition coefficient (Wildman–Crippen LogP) is 2.68. The van der Waals surface area contributed by atoms with E-state index in [2.05, 4.69) is 4.98 Å². The second kappa shape index (κ2) is 9.81. The van der Waals surface area contributed by atoms with Crippen LogP contribution < -0.4 is 9.47 Å². The molecule has 1 aromatic heterocycles. The molecule has 0 bridgehead atoms. The highest BCUT2D eigenvalue weighted by atomic mass is 16.5. The average molecular weight is 424 g/mol. The number of methoxy groups -OCH3 is 1. The molecule has 31 heavy (non-hydrogen) atoms. The van der Waals surface area contributed by atoms with Crippen molar-refractivity contribution in [2.75, 3.05) is 33.4 Å². The Labute approximate surface area is 183 Å². The minimum absolute atomic E-state index is 0.117. The van der Waals surface area contributed by atoms with Crippen LogP contribution in [0.15, 0.2) is 42.6 Å². The van der Waals surface area contributed by atoms with E-state index in [-0.39, 0.29) is 17.7 Å². The third-order valence-electron chi connectivity index (χ3n) is 5.99. The van der Waals surface area contributed by atoms with Crippen LogP contribution in [-0.4, -0.2) is 59.9 Å². The quantitative estimate of drug-likeness (QED) is 0.739. The molecule has 2 aliphatic heterocycles. The Morgan fingerprint density at radius 2 is 2.16 bits per heavy atom. The van der Waals surface area contributed by atoms with Crippen molar-refractivity contribution in [2.24, 2.45) is 5.92 Å². The molecule has 1 saturated heterocycles. The number of rotatable bonds is 5. The van der Waals surface area contributed by atoms with Crippen LogP contribution in [0.25, 0.3) is 0 Å². The normalized spacial score (nSPS) is 19.1. The van der Waals surface area contributed by atoms with Gasteiger partial charge in [0.1, 0.15) is 0 Å². The molecule has 2 amide bonds. The molecule has 1 fully saturated rings. The highest BCUT2D eigenvalue weighted by molar-refractivity contribution is 5.84. The van der Waals surface area contributed by atoms with Crippen LogP contribution in [-0.2, 0) is 22.6 Å². The fourth-order valence-electron chi connectivity index (χ4n) is 4.30. The van der Waals surface area contributed by atoms with Crippen molar-refractivity contribution >= 4 is 11.8 Å². The van der Waals surface area contributed by atoms with Crippen LogP contribution in [0.4, 0.5) is 0 Å². The van der Waals surface area contributed by atoms with E-state index in [4.69, 9.17) is 9.47 Å². The summed E-state index contributed by atoms with van der Waals surface area (Å²) < 4.78 is 11.3. The molecule has 0 aliphatic carbocycles. The number of carbonyl (C=O) groups is 2. The van der Waals surface area contributed by atoms with E-state index < -0.39 is 0 Å². The van der Waals surface area contributed by atoms with Gasteiger partial charge >= 0.3 is 0 Å². The maximum atomic E-state index is 13.4. The van der Waals surface area contributed by atoms with Crippen molar-refractivity contribution < 1.29 is 19.1 Å². The number of carbonyl (C=O) groups excluding carboxylic acids is 2. The zero-order valence-corrected chi connectivity index (χ0v) is 18.0. The largest absolute Gasteiger partial charge is 0.493 e. The van der Waals surface area contributed by atoms with Gasteiger partial charge in [-0.1, -0.05) is 18.2 Å². The minimum atomic E-state index is -0.171. The maximum absolute atomic E-state index is 13.4. The molecule has 0 radical (unpaired) electrons. The minimum Gasteiger partial charge on any atom is -0.493 e. The van der Waals surface area contributed by atoms with Crippen LogP contribution in [0.3, 0.4) is 0 Å². The van der Waals surface area contributed by atoms with Gasteiger partial charge in [-0.3, -0.25) is 14.6 Å². The summed E-state index contributed by atoms with van der Waals surface area (Å²) in [6.07, 6.45) is 4.24. The molecule has 0 N–H and O–H groups in total. The topological polar surface area (TPSA) is 72.0 Å². The molecule has 2 aliphatic rings. The molecular formula is C24H29N3O4. The Hall–Kier alpha value is -3.09. The third kappa shape index (κ3) is 4.98. The number of nitrogens with zero attached hydrogens (tertiary/aromatic N) is 3. The zero-order chi connectivity index (χ0) is 21.6. The lowest BCUT2D eigenvalue weighted by molar-refractivity contribution is -0.143. The number of ether oxygens (including phenoxy) is 2. The molecule has 3 heterocycles. The second-order valence-electron chi connectivity index (χ2n) is 8.06. The molecule has 0 spiro atoms. The number of hydrogen-bond acceptors (Lipinski definition) is 5. The summed E-state index contributed by atoms with van der Waals surface area (Å²) in [5.41, 5.74) is 1.91. The van der Waals surface area contributed by atoms with E-state index >= 15 is 0 Å². The van der Waals surface area contributed by atoms with Crippen molar-refractivity contribution in [3.8, 4) is 11.5 Å². The van der Waals surface area contributed by atoms with Crippen molar-refractivity contribution in [1.29, 1.82) is 0 Å². The first-order valence-electron chi connectivity index (χ1n) is 10.9. The average Bonchev–Trinajstić information content (AvgIpc) is 2.79. The number of likely N-dealkylation sites (tertiary alicyclic amines) is 1. The lowest BCUT2D eigenvalue weighted by Gasteiger charge is -2.35. The van der Waals surface area contributed by atoms with Crippen LogP contribution in [0.5, 0.6) is 11.5 Å². The van der Waals surface area contributed by atoms with Gasteiger partial charge in [0.2, 0.25) is 11.8 Å². The summed E-state index contributed by atoms with van der Waals surface area (Å²) in [6.45, 7) is 2.74. The Balaban J connectivity index is 1.43. The van der Waals surface area contributed by atoms with Gasteiger partial charge in [0.05, 0.1) is 19.6 Å². The van der Waals surface area contributed by atoms with Crippen LogP contribution in [0.1, 0.15) is 30.5 Å². The van der Waals surface area contributed by atoms with Crippen molar-refractivity contribution in [3.63, 3.8) is 0 Å². The fourth-order valence-corrected chi connectivity index (χ4v) is 4.30. The Kier molecular flexibility index (Phi) is 6.70. The number of aromatic nitrogens is 1. The fraction of sp³-hybridized carbons (Fsp3) is 0.458. The first-order valence-corrected chi connectivity index (χ1v) is 10.9. The van der Waals surface area contributed by atoms with Gasteiger partial charge in [0.25, 0.3) is 0 Å². The zero-order valence-electron chi connectivity index (χ0n) is 18.0. The monoisotopic (exact) mass is 423 g/mol. The highest BCUT2D eigenvalue weighted by Gasteiger charge is 2.33. The molecule has 1 atom stereocenters. The highest BCUT2D eigenvalue weighted by Crippen LogP contribution is 2.33. The van der Waals surface area contributed by atoms with Gasteiger partial charge in [-0.2, -0.15) is 0 Å². The van der Waals surface area contributed by atoms with E-state index in [0.717, 1.165) is 23.4 Å². The van der Waals surface area contributed by atoms with Crippen molar-refractivity contribution in [2.45, 2.75) is 32.2 Å². The first-order chi connectivity index (χ1) is 15.2.